The summed E-state index contributed by atoms with van der Waals surface area (Å²) >= 11 is 0. The molecule has 3 heteroatoms. The lowest BCUT2D eigenvalue weighted by atomic mass is 9.98. The molecular formula is C12H26N2O. The van der Waals surface area contributed by atoms with Crippen LogP contribution in [0.1, 0.15) is 52.9 Å². The van der Waals surface area contributed by atoms with Gasteiger partial charge in [0, 0.05) is 18.5 Å². The number of rotatable bonds is 8. The van der Waals surface area contributed by atoms with Crippen LogP contribution >= 0.6 is 0 Å². The van der Waals surface area contributed by atoms with E-state index in [1.54, 1.807) is 0 Å². The molecular weight excluding hydrogens is 188 g/mol. The molecule has 15 heavy (non-hydrogen) atoms. The predicted octanol–water partition coefficient (Wildman–Crippen LogP) is 2.06. The van der Waals surface area contributed by atoms with Crippen LogP contribution in [0.4, 0.5) is 0 Å². The van der Waals surface area contributed by atoms with Crippen LogP contribution in [-0.4, -0.2) is 18.5 Å². The number of nitrogens with one attached hydrogen (secondary N) is 1. The molecule has 0 aromatic carbocycles. The minimum Gasteiger partial charge on any atom is -0.354 e. The zero-order valence-electron chi connectivity index (χ0n) is 10.4. The number of amides is 1. The Morgan fingerprint density at radius 1 is 1.27 bits per heavy atom. The third-order valence-electron chi connectivity index (χ3n) is 2.83. The van der Waals surface area contributed by atoms with Crippen LogP contribution in [0.25, 0.3) is 0 Å². The third-order valence-corrected chi connectivity index (χ3v) is 2.83. The maximum absolute atomic E-state index is 11.7. The zero-order chi connectivity index (χ0) is 11.7. The summed E-state index contributed by atoms with van der Waals surface area (Å²) in [6, 6.07) is 0.0950. The van der Waals surface area contributed by atoms with Gasteiger partial charge in [0.05, 0.1) is 0 Å². The highest BCUT2D eigenvalue weighted by Gasteiger charge is 2.15. The van der Waals surface area contributed by atoms with Crippen LogP contribution in [-0.2, 0) is 4.79 Å². The van der Waals surface area contributed by atoms with Crippen molar-refractivity contribution in [2.45, 2.75) is 58.9 Å². The summed E-state index contributed by atoms with van der Waals surface area (Å²) in [4.78, 5) is 11.7. The standard InChI is InChI=1S/C12H26N2O/c1-4-7-8-10(5-2)12(15)14-9-11(13)6-3/h10-11H,4-9,13H2,1-3H3,(H,14,15). The van der Waals surface area contributed by atoms with Crippen LogP contribution in [0.15, 0.2) is 0 Å². The van der Waals surface area contributed by atoms with Crippen molar-refractivity contribution in [2.24, 2.45) is 11.7 Å². The predicted molar refractivity (Wildman–Crippen MR) is 64.6 cm³/mol. The number of carbonyl (C=O) groups excluding carboxylic acids is 1. The van der Waals surface area contributed by atoms with E-state index in [0.29, 0.717) is 6.54 Å². The number of hydrogen-bond donors (Lipinski definition) is 2. The first-order chi connectivity index (χ1) is 7.15. The lowest BCUT2D eigenvalue weighted by Gasteiger charge is -2.16. The second kappa shape index (κ2) is 8.72. The molecule has 0 bridgehead atoms. The second-order valence-electron chi connectivity index (χ2n) is 4.16. The summed E-state index contributed by atoms with van der Waals surface area (Å²) in [6.07, 6.45) is 5.11. The van der Waals surface area contributed by atoms with E-state index >= 15 is 0 Å². The Morgan fingerprint density at radius 3 is 2.40 bits per heavy atom. The number of nitrogens with two attached hydrogens (primary N) is 1. The lowest BCUT2D eigenvalue weighted by Crippen LogP contribution is -2.39. The van der Waals surface area contributed by atoms with E-state index in [1.165, 1.54) is 0 Å². The topological polar surface area (TPSA) is 55.1 Å². The molecule has 2 atom stereocenters. The van der Waals surface area contributed by atoms with Crippen molar-refractivity contribution in [3.8, 4) is 0 Å². The number of unbranched alkanes of at least 4 members (excludes halogenated alkanes) is 1. The largest absolute Gasteiger partial charge is 0.354 e. The van der Waals surface area contributed by atoms with Gasteiger partial charge in [-0.1, -0.05) is 33.6 Å². The number of hydrogen-bond acceptors (Lipinski definition) is 2. The van der Waals surface area contributed by atoms with Gasteiger partial charge in [-0.05, 0) is 19.3 Å². The van der Waals surface area contributed by atoms with E-state index in [0.717, 1.165) is 32.1 Å². The summed E-state index contributed by atoms with van der Waals surface area (Å²) in [5.41, 5.74) is 5.75. The van der Waals surface area contributed by atoms with E-state index in [4.69, 9.17) is 5.73 Å². The fourth-order valence-electron chi connectivity index (χ4n) is 1.49. The molecule has 0 saturated heterocycles. The van der Waals surface area contributed by atoms with Crippen LogP contribution in [0.3, 0.4) is 0 Å². The third kappa shape index (κ3) is 6.50. The number of carbonyl (C=O) groups is 1. The SMILES string of the molecule is CCCCC(CC)C(=O)NCC(N)CC. The van der Waals surface area contributed by atoms with Gasteiger partial charge in [-0.3, -0.25) is 4.79 Å². The first kappa shape index (κ1) is 14.4. The van der Waals surface area contributed by atoms with Crippen molar-refractivity contribution < 1.29 is 4.79 Å². The smallest absolute Gasteiger partial charge is 0.223 e. The fourth-order valence-corrected chi connectivity index (χ4v) is 1.49. The maximum Gasteiger partial charge on any atom is 0.223 e. The van der Waals surface area contributed by atoms with E-state index < -0.39 is 0 Å². The van der Waals surface area contributed by atoms with Crippen molar-refractivity contribution in [2.75, 3.05) is 6.54 Å². The van der Waals surface area contributed by atoms with Gasteiger partial charge in [-0.2, -0.15) is 0 Å². The average molecular weight is 214 g/mol. The highest BCUT2D eigenvalue weighted by Crippen LogP contribution is 2.12. The first-order valence-electron chi connectivity index (χ1n) is 6.18. The minimum atomic E-state index is 0.0950. The van der Waals surface area contributed by atoms with Crippen molar-refractivity contribution >= 4 is 5.91 Å². The Kier molecular flexibility index (Phi) is 8.38. The highest BCUT2D eigenvalue weighted by molar-refractivity contribution is 5.78. The monoisotopic (exact) mass is 214 g/mol. The Hall–Kier alpha value is -0.570. The molecule has 0 heterocycles. The van der Waals surface area contributed by atoms with Gasteiger partial charge >= 0.3 is 0 Å². The fraction of sp³-hybridized carbons (Fsp3) is 0.917. The van der Waals surface area contributed by atoms with Gasteiger partial charge in [0.1, 0.15) is 0 Å². The quantitative estimate of drug-likeness (QED) is 0.650. The van der Waals surface area contributed by atoms with Gasteiger partial charge in [0.25, 0.3) is 0 Å². The Morgan fingerprint density at radius 2 is 1.93 bits per heavy atom. The molecule has 0 radical (unpaired) electrons. The molecule has 0 spiro atoms. The first-order valence-corrected chi connectivity index (χ1v) is 6.18. The molecule has 0 saturated carbocycles. The molecule has 0 aromatic heterocycles. The molecule has 0 aromatic rings. The van der Waals surface area contributed by atoms with E-state index in [1.807, 2.05) is 6.92 Å². The molecule has 90 valence electrons. The Balaban J connectivity index is 3.82. The van der Waals surface area contributed by atoms with E-state index in [2.05, 4.69) is 19.2 Å². The van der Waals surface area contributed by atoms with Gasteiger partial charge in [-0.25, -0.2) is 0 Å². The summed E-state index contributed by atoms with van der Waals surface area (Å²) in [6.45, 7) is 6.86. The summed E-state index contributed by atoms with van der Waals surface area (Å²) in [5.74, 6) is 0.351. The highest BCUT2D eigenvalue weighted by atomic mass is 16.1. The van der Waals surface area contributed by atoms with Crippen LogP contribution < -0.4 is 11.1 Å². The van der Waals surface area contributed by atoms with Crippen molar-refractivity contribution in [3.63, 3.8) is 0 Å². The van der Waals surface area contributed by atoms with Crippen LogP contribution in [0.2, 0.25) is 0 Å². The summed E-state index contributed by atoms with van der Waals surface area (Å²) < 4.78 is 0. The molecule has 0 fully saturated rings. The van der Waals surface area contributed by atoms with Gasteiger partial charge < -0.3 is 11.1 Å². The normalized spacial score (nSPS) is 14.7. The molecule has 3 N–H and O–H groups in total. The summed E-state index contributed by atoms with van der Waals surface area (Å²) in [5, 5.41) is 2.93. The second-order valence-corrected chi connectivity index (χ2v) is 4.16. The lowest BCUT2D eigenvalue weighted by molar-refractivity contribution is -0.125. The maximum atomic E-state index is 11.7. The van der Waals surface area contributed by atoms with Crippen molar-refractivity contribution in [1.82, 2.24) is 5.32 Å². The molecule has 2 unspecified atom stereocenters. The molecule has 0 aliphatic carbocycles. The average Bonchev–Trinajstić information content (AvgIpc) is 2.26. The van der Waals surface area contributed by atoms with Crippen molar-refractivity contribution in [1.29, 1.82) is 0 Å². The molecule has 0 rings (SSSR count). The zero-order valence-corrected chi connectivity index (χ0v) is 10.4. The Labute approximate surface area is 93.8 Å². The molecule has 3 nitrogen and oxygen atoms in total. The van der Waals surface area contributed by atoms with Gasteiger partial charge in [0.15, 0.2) is 0 Å². The molecule has 1 amide bonds. The molecule has 0 aliphatic rings. The minimum absolute atomic E-state index is 0.0950. The summed E-state index contributed by atoms with van der Waals surface area (Å²) in [7, 11) is 0. The molecule has 0 aliphatic heterocycles. The van der Waals surface area contributed by atoms with Crippen LogP contribution in [0, 0.1) is 5.92 Å². The van der Waals surface area contributed by atoms with Gasteiger partial charge in [0.2, 0.25) is 5.91 Å². The van der Waals surface area contributed by atoms with E-state index in [-0.39, 0.29) is 17.9 Å². The Bertz CT molecular complexity index is 171. The van der Waals surface area contributed by atoms with Crippen LogP contribution in [0.5, 0.6) is 0 Å². The van der Waals surface area contributed by atoms with Gasteiger partial charge in [-0.15, -0.1) is 0 Å². The van der Waals surface area contributed by atoms with Crippen molar-refractivity contribution in [3.05, 3.63) is 0 Å². The van der Waals surface area contributed by atoms with E-state index in [9.17, 15) is 4.79 Å².